The lowest BCUT2D eigenvalue weighted by Gasteiger charge is -2.19. The Kier molecular flexibility index (Phi) is 11.4. The van der Waals surface area contributed by atoms with Gasteiger partial charge in [-0.15, -0.1) is 0 Å². The Hall–Kier alpha value is -0.0400. The van der Waals surface area contributed by atoms with Gasteiger partial charge in [0, 0.05) is 0 Å². The van der Waals surface area contributed by atoms with Crippen molar-refractivity contribution in [2.24, 2.45) is 5.92 Å². The van der Waals surface area contributed by atoms with Crippen LogP contribution in [0.1, 0.15) is 85.0 Å². The Morgan fingerprint density at radius 3 is 1.50 bits per heavy atom. The number of hydrogen-bond acceptors (Lipinski definition) is 1. The molecule has 0 aromatic rings. The summed E-state index contributed by atoms with van der Waals surface area (Å²) in [6.07, 6.45) is 12.9. The van der Waals surface area contributed by atoms with Crippen LogP contribution in [0.3, 0.4) is 0 Å². The van der Waals surface area contributed by atoms with E-state index < -0.39 is 0 Å². The van der Waals surface area contributed by atoms with Crippen LogP contribution in [0.5, 0.6) is 0 Å². The molecule has 1 heteroatoms. The van der Waals surface area contributed by atoms with Gasteiger partial charge in [0.1, 0.15) is 0 Å². The van der Waals surface area contributed by atoms with Crippen LogP contribution < -0.4 is 0 Å². The van der Waals surface area contributed by atoms with Gasteiger partial charge in [0.05, 0.1) is 6.10 Å². The van der Waals surface area contributed by atoms with Crippen molar-refractivity contribution in [3.63, 3.8) is 0 Å². The zero-order chi connectivity index (χ0) is 12.2. The first-order valence-electron chi connectivity index (χ1n) is 7.40. The summed E-state index contributed by atoms with van der Waals surface area (Å²) < 4.78 is 0. The molecule has 0 spiro atoms. The second-order valence-electron chi connectivity index (χ2n) is 5.20. The van der Waals surface area contributed by atoms with E-state index in [1.54, 1.807) is 0 Å². The molecule has 0 fully saturated rings. The fourth-order valence-electron chi connectivity index (χ4n) is 2.29. The van der Waals surface area contributed by atoms with Crippen LogP contribution in [-0.2, 0) is 0 Å². The zero-order valence-electron chi connectivity index (χ0n) is 11.7. The summed E-state index contributed by atoms with van der Waals surface area (Å²) in [4.78, 5) is 0. The summed E-state index contributed by atoms with van der Waals surface area (Å²) in [5.41, 5.74) is 0. The van der Waals surface area contributed by atoms with Crippen LogP contribution in [0.4, 0.5) is 0 Å². The molecule has 0 saturated heterocycles. The van der Waals surface area contributed by atoms with E-state index in [1.165, 1.54) is 64.2 Å². The van der Waals surface area contributed by atoms with Gasteiger partial charge in [-0.25, -0.2) is 0 Å². The monoisotopic (exact) mass is 228 g/mol. The minimum absolute atomic E-state index is 0.108. The highest BCUT2D eigenvalue weighted by Crippen LogP contribution is 2.21. The molecule has 98 valence electrons. The topological polar surface area (TPSA) is 20.2 Å². The molecule has 0 aliphatic carbocycles. The first-order chi connectivity index (χ1) is 7.72. The maximum Gasteiger partial charge on any atom is 0.0540 e. The molecule has 0 bridgehead atoms. The molecule has 0 rings (SSSR count). The van der Waals surface area contributed by atoms with Crippen molar-refractivity contribution in [3.05, 3.63) is 0 Å². The SMILES string of the molecule is CCCCCCC(CCCCCC)C(C)O. The van der Waals surface area contributed by atoms with Crippen molar-refractivity contribution in [3.8, 4) is 0 Å². The van der Waals surface area contributed by atoms with E-state index in [9.17, 15) is 5.11 Å². The summed E-state index contributed by atoms with van der Waals surface area (Å²) in [5.74, 6) is 0.550. The third kappa shape index (κ3) is 9.21. The van der Waals surface area contributed by atoms with E-state index in [0.29, 0.717) is 5.92 Å². The van der Waals surface area contributed by atoms with Crippen LogP contribution in [0.2, 0.25) is 0 Å². The second kappa shape index (κ2) is 11.4. The lowest BCUT2D eigenvalue weighted by molar-refractivity contribution is 0.111. The van der Waals surface area contributed by atoms with Gasteiger partial charge < -0.3 is 5.11 Å². The summed E-state index contributed by atoms with van der Waals surface area (Å²) in [5, 5.41) is 9.73. The zero-order valence-corrected chi connectivity index (χ0v) is 11.7. The second-order valence-corrected chi connectivity index (χ2v) is 5.20. The quantitative estimate of drug-likeness (QED) is 0.497. The van der Waals surface area contributed by atoms with Crippen molar-refractivity contribution in [1.29, 1.82) is 0 Å². The van der Waals surface area contributed by atoms with Crippen molar-refractivity contribution < 1.29 is 5.11 Å². The molecule has 0 aliphatic rings. The Balaban J connectivity index is 3.54. The number of aliphatic hydroxyl groups excluding tert-OH is 1. The summed E-state index contributed by atoms with van der Waals surface area (Å²) in [6.45, 7) is 6.46. The number of hydrogen-bond donors (Lipinski definition) is 1. The van der Waals surface area contributed by atoms with Crippen molar-refractivity contribution in [2.45, 2.75) is 91.1 Å². The standard InChI is InChI=1S/C15H32O/c1-4-6-8-10-12-15(14(3)16)13-11-9-7-5-2/h14-16H,4-13H2,1-3H3. The van der Waals surface area contributed by atoms with E-state index in [4.69, 9.17) is 0 Å². The van der Waals surface area contributed by atoms with Gasteiger partial charge in [0.25, 0.3) is 0 Å². The molecule has 0 amide bonds. The van der Waals surface area contributed by atoms with Gasteiger partial charge in [-0.1, -0.05) is 65.2 Å². The number of aliphatic hydroxyl groups is 1. The highest BCUT2D eigenvalue weighted by Gasteiger charge is 2.13. The van der Waals surface area contributed by atoms with E-state index in [1.807, 2.05) is 6.92 Å². The van der Waals surface area contributed by atoms with Crippen molar-refractivity contribution in [1.82, 2.24) is 0 Å². The molecule has 0 saturated carbocycles. The number of rotatable bonds is 11. The maximum absolute atomic E-state index is 9.73. The summed E-state index contributed by atoms with van der Waals surface area (Å²) >= 11 is 0. The lowest BCUT2D eigenvalue weighted by Crippen LogP contribution is -2.16. The predicted octanol–water partition coefficient (Wildman–Crippen LogP) is 4.92. The Morgan fingerprint density at radius 1 is 0.750 bits per heavy atom. The van der Waals surface area contributed by atoms with Gasteiger partial charge in [-0.3, -0.25) is 0 Å². The van der Waals surface area contributed by atoms with Gasteiger partial charge in [0.2, 0.25) is 0 Å². The highest BCUT2D eigenvalue weighted by molar-refractivity contribution is 4.65. The first kappa shape index (κ1) is 16.0. The molecule has 0 radical (unpaired) electrons. The van der Waals surface area contributed by atoms with Crippen LogP contribution in [0, 0.1) is 5.92 Å². The molecular formula is C15H32O. The predicted molar refractivity (Wildman–Crippen MR) is 72.7 cm³/mol. The minimum atomic E-state index is -0.108. The fraction of sp³-hybridized carbons (Fsp3) is 1.00. The molecule has 0 heterocycles. The molecule has 16 heavy (non-hydrogen) atoms. The van der Waals surface area contributed by atoms with Crippen molar-refractivity contribution in [2.75, 3.05) is 0 Å². The molecule has 1 N–H and O–H groups in total. The summed E-state index contributed by atoms with van der Waals surface area (Å²) in [7, 11) is 0. The third-order valence-electron chi connectivity index (χ3n) is 3.54. The lowest BCUT2D eigenvalue weighted by atomic mass is 9.90. The van der Waals surface area contributed by atoms with Crippen LogP contribution in [0.25, 0.3) is 0 Å². The Bertz CT molecular complexity index is 119. The molecule has 0 aromatic carbocycles. The normalized spacial score (nSPS) is 13.3. The average molecular weight is 228 g/mol. The maximum atomic E-state index is 9.73. The largest absolute Gasteiger partial charge is 0.393 e. The molecule has 0 aromatic heterocycles. The van der Waals surface area contributed by atoms with Gasteiger partial charge >= 0.3 is 0 Å². The molecule has 1 nitrogen and oxygen atoms in total. The molecule has 1 unspecified atom stereocenters. The smallest absolute Gasteiger partial charge is 0.0540 e. The summed E-state index contributed by atoms with van der Waals surface area (Å²) in [6, 6.07) is 0. The minimum Gasteiger partial charge on any atom is -0.393 e. The number of unbranched alkanes of at least 4 members (excludes halogenated alkanes) is 6. The average Bonchev–Trinajstić information content (AvgIpc) is 2.26. The van der Waals surface area contributed by atoms with E-state index in [2.05, 4.69) is 13.8 Å². The van der Waals surface area contributed by atoms with Crippen molar-refractivity contribution >= 4 is 0 Å². The van der Waals surface area contributed by atoms with E-state index in [-0.39, 0.29) is 6.10 Å². The molecule has 1 atom stereocenters. The highest BCUT2D eigenvalue weighted by atomic mass is 16.3. The van der Waals surface area contributed by atoms with Gasteiger partial charge in [-0.2, -0.15) is 0 Å². The van der Waals surface area contributed by atoms with E-state index in [0.717, 1.165) is 0 Å². The fourth-order valence-corrected chi connectivity index (χ4v) is 2.29. The van der Waals surface area contributed by atoms with Crippen LogP contribution in [-0.4, -0.2) is 11.2 Å². The van der Waals surface area contributed by atoms with Gasteiger partial charge in [0.15, 0.2) is 0 Å². The molecular weight excluding hydrogens is 196 g/mol. The van der Waals surface area contributed by atoms with Crippen LogP contribution in [0.15, 0.2) is 0 Å². The van der Waals surface area contributed by atoms with Gasteiger partial charge in [-0.05, 0) is 25.7 Å². The third-order valence-corrected chi connectivity index (χ3v) is 3.54. The molecule has 0 aliphatic heterocycles. The first-order valence-corrected chi connectivity index (χ1v) is 7.40. The van der Waals surface area contributed by atoms with E-state index >= 15 is 0 Å². The Morgan fingerprint density at radius 2 is 1.19 bits per heavy atom. The Labute approximate surface area is 103 Å². The van der Waals surface area contributed by atoms with Crippen LogP contribution >= 0.6 is 0 Å².